The summed E-state index contributed by atoms with van der Waals surface area (Å²) in [6.45, 7) is 10.7. The SMILES string of the molecule is CC(C)(C)OC(=O)N1[C@@H](C#C[C@@H]2O[C@H](COCc3ccccc3)[C@@H](OCc3ccccc3)[C@H](OCc3ccccc3)[C@H]2N)COC1(C)C. The molecule has 0 bridgehead atoms. The van der Waals surface area contributed by atoms with E-state index in [0.29, 0.717) is 19.8 Å². The molecule has 0 aliphatic carbocycles. The van der Waals surface area contributed by atoms with Crippen molar-refractivity contribution in [2.75, 3.05) is 13.2 Å². The van der Waals surface area contributed by atoms with Crippen LogP contribution < -0.4 is 5.73 Å². The maximum atomic E-state index is 13.2. The summed E-state index contributed by atoms with van der Waals surface area (Å²) < 4.78 is 37.6. The number of hydrogen-bond acceptors (Lipinski definition) is 8. The number of hydrogen-bond donors (Lipinski definition) is 1. The molecule has 5 rings (SSSR count). The van der Waals surface area contributed by atoms with Crippen LogP contribution in [0.5, 0.6) is 0 Å². The molecule has 2 fully saturated rings. The van der Waals surface area contributed by atoms with Crippen LogP contribution in [-0.2, 0) is 48.2 Å². The Balaban J connectivity index is 1.41. The molecule has 0 radical (unpaired) electrons. The lowest BCUT2D eigenvalue weighted by molar-refractivity contribution is -0.217. The van der Waals surface area contributed by atoms with Crippen molar-refractivity contribution in [2.24, 2.45) is 5.73 Å². The van der Waals surface area contributed by atoms with Crippen molar-refractivity contribution in [3.8, 4) is 11.8 Å². The zero-order valence-electron chi connectivity index (χ0n) is 28.5. The summed E-state index contributed by atoms with van der Waals surface area (Å²) in [6, 6.07) is 28.6. The summed E-state index contributed by atoms with van der Waals surface area (Å²) in [6.07, 6.45) is -2.91. The Morgan fingerprint density at radius 3 is 1.90 bits per heavy atom. The van der Waals surface area contributed by atoms with Crippen molar-refractivity contribution in [1.82, 2.24) is 4.90 Å². The first-order chi connectivity index (χ1) is 23.0. The van der Waals surface area contributed by atoms with Crippen LogP contribution in [0.4, 0.5) is 4.79 Å². The molecular formula is C39H48N2O7. The first-order valence-corrected chi connectivity index (χ1v) is 16.5. The van der Waals surface area contributed by atoms with Crippen molar-refractivity contribution in [2.45, 2.75) is 102 Å². The minimum Gasteiger partial charge on any atom is -0.444 e. The van der Waals surface area contributed by atoms with Gasteiger partial charge in [0.25, 0.3) is 0 Å². The molecule has 6 atom stereocenters. The van der Waals surface area contributed by atoms with Gasteiger partial charge < -0.3 is 34.2 Å². The molecule has 48 heavy (non-hydrogen) atoms. The fourth-order valence-electron chi connectivity index (χ4n) is 5.78. The van der Waals surface area contributed by atoms with E-state index in [9.17, 15) is 4.79 Å². The van der Waals surface area contributed by atoms with Crippen LogP contribution in [0.25, 0.3) is 0 Å². The lowest BCUT2D eigenvalue weighted by atomic mass is 9.92. The lowest BCUT2D eigenvalue weighted by Crippen LogP contribution is -2.63. The molecule has 0 aromatic heterocycles. The molecule has 256 valence electrons. The van der Waals surface area contributed by atoms with Gasteiger partial charge in [0.1, 0.15) is 41.8 Å². The van der Waals surface area contributed by atoms with Crippen LogP contribution in [-0.4, -0.2) is 72.0 Å². The van der Waals surface area contributed by atoms with Crippen molar-refractivity contribution < 1.29 is 33.2 Å². The maximum absolute atomic E-state index is 13.2. The average molecular weight is 657 g/mol. The van der Waals surface area contributed by atoms with Gasteiger partial charge in [-0.15, -0.1) is 0 Å². The Hall–Kier alpha value is -3.75. The van der Waals surface area contributed by atoms with E-state index in [1.165, 1.54) is 4.90 Å². The van der Waals surface area contributed by atoms with Gasteiger partial charge in [0.2, 0.25) is 0 Å². The first-order valence-electron chi connectivity index (χ1n) is 16.5. The number of carbonyl (C=O) groups excluding carboxylic acids is 1. The highest BCUT2D eigenvalue weighted by Gasteiger charge is 2.47. The van der Waals surface area contributed by atoms with Crippen molar-refractivity contribution >= 4 is 6.09 Å². The van der Waals surface area contributed by atoms with Crippen molar-refractivity contribution in [3.63, 3.8) is 0 Å². The van der Waals surface area contributed by atoms with Crippen LogP contribution in [0.3, 0.4) is 0 Å². The van der Waals surface area contributed by atoms with Crippen LogP contribution in [0.15, 0.2) is 91.0 Å². The maximum Gasteiger partial charge on any atom is 0.413 e. The number of nitrogens with two attached hydrogens (primary N) is 1. The monoisotopic (exact) mass is 656 g/mol. The van der Waals surface area contributed by atoms with E-state index in [1.807, 2.05) is 126 Å². The second kappa shape index (κ2) is 16.1. The second-order valence-electron chi connectivity index (χ2n) is 13.6. The van der Waals surface area contributed by atoms with Gasteiger partial charge >= 0.3 is 6.09 Å². The summed E-state index contributed by atoms with van der Waals surface area (Å²) in [4.78, 5) is 14.8. The first kappa shape index (κ1) is 35.6. The number of nitrogens with zero attached hydrogens (tertiary/aromatic N) is 1. The summed E-state index contributed by atoms with van der Waals surface area (Å²) in [5.41, 5.74) is 8.44. The summed E-state index contributed by atoms with van der Waals surface area (Å²) in [7, 11) is 0. The molecule has 2 N–H and O–H groups in total. The van der Waals surface area contributed by atoms with E-state index in [0.717, 1.165) is 16.7 Å². The smallest absolute Gasteiger partial charge is 0.413 e. The van der Waals surface area contributed by atoms with Crippen LogP contribution in [0.1, 0.15) is 51.3 Å². The number of amides is 1. The Bertz CT molecular complexity index is 1500. The molecule has 1 amide bonds. The topological polar surface area (TPSA) is 102 Å². The van der Waals surface area contributed by atoms with Gasteiger partial charge in [0, 0.05) is 0 Å². The largest absolute Gasteiger partial charge is 0.444 e. The molecule has 2 saturated heterocycles. The van der Waals surface area contributed by atoms with E-state index in [1.54, 1.807) is 0 Å². The molecule has 0 unspecified atom stereocenters. The number of ether oxygens (including phenoxy) is 6. The molecular weight excluding hydrogens is 608 g/mol. The highest BCUT2D eigenvalue weighted by Crippen LogP contribution is 2.31. The fraction of sp³-hybridized carbons (Fsp3) is 0.462. The van der Waals surface area contributed by atoms with Gasteiger partial charge in [-0.3, -0.25) is 4.90 Å². The van der Waals surface area contributed by atoms with Gasteiger partial charge in [-0.25, -0.2) is 4.79 Å². The Kier molecular flexibility index (Phi) is 11.9. The molecule has 9 nitrogen and oxygen atoms in total. The standard InChI is InChI=1S/C39H48N2O7/c1-38(2,3)48-37(42)41-31(26-46-39(41,4)5)21-22-32-34(40)36(45-25-30-19-13-8-14-20-30)35(44-24-29-17-11-7-12-18-29)33(47-32)27-43-23-28-15-9-6-10-16-28/h6-20,31-36H,23-27,40H2,1-5H3/t31-,32-,33+,34-,35+,36+/m0/s1. The third-order valence-electron chi connectivity index (χ3n) is 8.17. The molecule has 2 aliphatic heterocycles. The molecule has 2 heterocycles. The molecule has 3 aromatic rings. The van der Waals surface area contributed by atoms with Gasteiger partial charge in [-0.2, -0.15) is 0 Å². The summed E-state index contributed by atoms with van der Waals surface area (Å²) in [5.74, 6) is 6.47. The predicted molar refractivity (Wildman–Crippen MR) is 182 cm³/mol. The van der Waals surface area contributed by atoms with Gasteiger partial charge in [0.05, 0.1) is 39.1 Å². The zero-order chi connectivity index (χ0) is 34.1. The highest BCUT2D eigenvalue weighted by atomic mass is 16.6. The van der Waals surface area contributed by atoms with Crippen molar-refractivity contribution in [3.05, 3.63) is 108 Å². The van der Waals surface area contributed by atoms with Crippen LogP contribution >= 0.6 is 0 Å². The zero-order valence-corrected chi connectivity index (χ0v) is 28.5. The van der Waals surface area contributed by atoms with Gasteiger partial charge in [-0.05, 0) is 51.3 Å². The summed E-state index contributed by atoms with van der Waals surface area (Å²) in [5, 5.41) is 0. The van der Waals surface area contributed by atoms with E-state index in [-0.39, 0.29) is 13.2 Å². The Morgan fingerprint density at radius 2 is 1.35 bits per heavy atom. The van der Waals surface area contributed by atoms with Crippen LogP contribution in [0, 0.1) is 11.8 Å². The third kappa shape index (κ3) is 9.66. The Morgan fingerprint density at radius 1 is 0.833 bits per heavy atom. The summed E-state index contributed by atoms with van der Waals surface area (Å²) >= 11 is 0. The lowest BCUT2D eigenvalue weighted by Gasteiger charge is -2.43. The predicted octanol–water partition coefficient (Wildman–Crippen LogP) is 5.84. The Labute approximate surface area is 284 Å². The minimum absolute atomic E-state index is 0.224. The van der Waals surface area contributed by atoms with Crippen molar-refractivity contribution in [1.29, 1.82) is 0 Å². The second-order valence-corrected chi connectivity index (χ2v) is 13.6. The fourth-order valence-corrected chi connectivity index (χ4v) is 5.78. The van der Waals surface area contributed by atoms with Gasteiger partial charge in [-0.1, -0.05) is 103 Å². The molecule has 3 aromatic carbocycles. The molecule has 2 aliphatic rings. The molecule has 0 spiro atoms. The van der Waals surface area contributed by atoms with Crippen LogP contribution in [0.2, 0.25) is 0 Å². The quantitative estimate of drug-likeness (QED) is 0.272. The number of carbonyl (C=O) groups is 1. The normalized spacial score (nSPS) is 25.2. The van der Waals surface area contributed by atoms with E-state index in [4.69, 9.17) is 34.2 Å². The molecule has 9 heteroatoms. The minimum atomic E-state index is -0.900. The highest BCUT2D eigenvalue weighted by molar-refractivity contribution is 5.70. The van der Waals surface area contributed by atoms with E-state index < -0.39 is 53.9 Å². The van der Waals surface area contributed by atoms with Gasteiger partial charge in [0.15, 0.2) is 0 Å². The number of benzene rings is 3. The van der Waals surface area contributed by atoms with E-state index >= 15 is 0 Å². The molecule has 0 saturated carbocycles. The average Bonchev–Trinajstić information content (AvgIpc) is 3.37. The van der Waals surface area contributed by atoms with E-state index in [2.05, 4.69) is 11.8 Å². The number of rotatable bonds is 10. The third-order valence-corrected chi connectivity index (χ3v) is 8.17.